The Morgan fingerprint density at radius 1 is 1.28 bits per heavy atom. The first-order chi connectivity index (χ1) is 8.42. The van der Waals surface area contributed by atoms with Crippen molar-refractivity contribution in [3.05, 3.63) is 0 Å². The highest BCUT2D eigenvalue weighted by atomic mass is 32.2. The first-order valence-corrected chi connectivity index (χ1v) is 9.39. The molecule has 1 saturated carbocycles. The molecule has 0 bridgehead atoms. The number of hydrogen-bond acceptors (Lipinski definition) is 3. The third-order valence-electron chi connectivity index (χ3n) is 3.99. The second-order valence-corrected chi connectivity index (χ2v) is 8.27. The van der Waals surface area contributed by atoms with Crippen molar-refractivity contribution in [3.8, 4) is 0 Å². The van der Waals surface area contributed by atoms with Gasteiger partial charge in [0.25, 0.3) is 0 Å². The number of hydrogen-bond donors (Lipinski definition) is 1. The standard InChI is InChI=1S/C14H29NO2S/c1-4-9-15-14-8-7-12(2)11-13(14)6-5-10-18(3,16)17/h12-15H,4-11H2,1-3H3. The Morgan fingerprint density at radius 2 is 2.00 bits per heavy atom. The van der Waals surface area contributed by atoms with Crippen molar-refractivity contribution in [1.82, 2.24) is 5.32 Å². The van der Waals surface area contributed by atoms with Gasteiger partial charge in [0, 0.05) is 18.1 Å². The zero-order valence-electron chi connectivity index (χ0n) is 12.1. The van der Waals surface area contributed by atoms with Crippen molar-refractivity contribution in [1.29, 1.82) is 0 Å². The molecule has 3 atom stereocenters. The summed E-state index contributed by atoms with van der Waals surface area (Å²) in [5.41, 5.74) is 0. The third kappa shape index (κ3) is 6.19. The van der Waals surface area contributed by atoms with Crippen LogP contribution in [-0.2, 0) is 9.84 Å². The lowest BCUT2D eigenvalue weighted by molar-refractivity contribution is 0.202. The van der Waals surface area contributed by atoms with E-state index in [0.29, 0.717) is 17.7 Å². The van der Waals surface area contributed by atoms with Gasteiger partial charge in [0.05, 0.1) is 0 Å². The molecule has 1 N–H and O–H groups in total. The van der Waals surface area contributed by atoms with Gasteiger partial charge in [-0.25, -0.2) is 8.42 Å². The maximum atomic E-state index is 11.2. The van der Waals surface area contributed by atoms with Crippen molar-refractivity contribution in [3.63, 3.8) is 0 Å². The highest BCUT2D eigenvalue weighted by Crippen LogP contribution is 2.32. The molecule has 1 aliphatic rings. The Bertz CT molecular complexity index is 325. The first kappa shape index (κ1) is 16.0. The van der Waals surface area contributed by atoms with Crippen LogP contribution in [0.15, 0.2) is 0 Å². The van der Waals surface area contributed by atoms with E-state index in [9.17, 15) is 8.42 Å². The maximum Gasteiger partial charge on any atom is 0.147 e. The Morgan fingerprint density at radius 3 is 2.61 bits per heavy atom. The van der Waals surface area contributed by atoms with Gasteiger partial charge in [-0.15, -0.1) is 0 Å². The summed E-state index contributed by atoms with van der Waals surface area (Å²) in [4.78, 5) is 0. The fraction of sp³-hybridized carbons (Fsp3) is 1.00. The van der Waals surface area contributed by atoms with Gasteiger partial charge in [-0.2, -0.15) is 0 Å². The predicted octanol–water partition coefficient (Wildman–Crippen LogP) is 2.62. The van der Waals surface area contributed by atoms with Crippen LogP contribution >= 0.6 is 0 Å². The fourth-order valence-electron chi connectivity index (χ4n) is 3.02. The van der Waals surface area contributed by atoms with Crippen LogP contribution in [0.1, 0.15) is 52.4 Å². The molecular weight excluding hydrogens is 246 g/mol. The van der Waals surface area contributed by atoms with E-state index >= 15 is 0 Å². The largest absolute Gasteiger partial charge is 0.314 e. The zero-order valence-corrected chi connectivity index (χ0v) is 12.9. The van der Waals surface area contributed by atoms with E-state index in [1.54, 1.807) is 0 Å². The fourth-order valence-corrected chi connectivity index (χ4v) is 3.71. The van der Waals surface area contributed by atoms with Crippen LogP contribution < -0.4 is 5.32 Å². The molecule has 108 valence electrons. The Balaban J connectivity index is 2.41. The average molecular weight is 275 g/mol. The van der Waals surface area contributed by atoms with Crippen LogP contribution in [0.2, 0.25) is 0 Å². The van der Waals surface area contributed by atoms with Crippen molar-refractivity contribution in [2.75, 3.05) is 18.6 Å². The minimum atomic E-state index is -2.79. The first-order valence-electron chi connectivity index (χ1n) is 7.33. The van der Waals surface area contributed by atoms with Gasteiger partial charge in [0.2, 0.25) is 0 Å². The highest BCUT2D eigenvalue weighted by Gasteiger charge is 2.27. The molecule has 0 heterocycles. The van der Waals surface area contributed by atoms with Crippen LogP contribution in [-0.4, -0.2) is 33.0 Å². The van der Waals surface area contributed by atoms with E-state index in [2.05, 4.69) is 19.2 Å². The van der Waals surface area contributed by atoms with Crippen LogP contribution in [0, 0.1) is 11.8 Å². The van der Waals surface area contributed by atoms with Crippen molar-refractivity contribution in [2.24, 2.45) is 11.8 Å². The molecule has 0 saturated heterocycles. The van der Waals surface area contributed by atoms with Gasteiger partial charge in [0.1, 0.15) is 9.84 Å². The molecule has 0 aromatic heterocycles. The van der Waals surface area contributed by atoms with E-state index in [0.717, 1.165) is 25.3 Å². The van der Waals surface area contributed by atoms with Crippen molar-refractivity contribution >= 4 is 9.84 Å². The monoisotopic (exact) mass is 275 g/mol. The molecule has 1 fully saturated rings. The quantitative estimate of drug-likeness (QED) is 0.777. The van der Waals surface area contributed by atoms with Crippen molar-refractivity contribution < 1.29 is 8.42 Å². The van der Waals surface area contributed by atoms with Crippen LogP contribution in [0.5, 0.6) is 0 Å². The third-order valence-corrected chi connectivity index (χ3v) is 5.02. The maximum absolute atomic E-state index is 11.2. The molecule has 1 aliphatic carbocycles. The van der Waals surface area contributed by atoms with Gasteiger partial charge < -0.3 is 5.32 Å². The van der Waals surface area contributed by atoms with E-state index < -0.39 is 9.84 Å². The molecule has 0 radical (unpaired) electrons. The molecule has 3 nitrogen and oxygen atoms in total. The SMILES string of the molecule is CCCNC1CCC(C)CC1CCCS(C)(=O)=O. The Labute approximate surface area is 113 Å². The van der Waals surface area contributed by atoms with Gasteiger partial charge in [-0.05, 0) is 56.9 Å². The normalized spacial score (nSPS) is 29.4. The smallest absolute Gasteiger partial charge is 0.147 e. The topological polar surface area (TPSA) is 46.2 Å². The zero-order chi connectivity index (χ0) is 13.6. The van der Waals surface area contributed by atoms with Crippen LogP contribution in [0.4, 0.5) is 0 Å². The number of sulfone groups is 1. The summed E-state index contributed by atoms with van der Waals surface area (Å²) in [6.07, 6.45) is 8.20. The molecular formula is C14H29NO2S. The van der Waals surface area contributed by atoms with Crippen LogP contribution in [0.25, 0.3) is 0 Å². The average Bonchev–Trinajstić information content (AvgIpc) is 2.26. The molecule has 0 aliphatic heterocycles. The minimum Gasteiger partial charge on any atom is -0.314 e. The minimum absolute atomic E-state index is 0.346. The second kappa shape index (κ2) is 7.49. The van der Waals surface area contributed by atoms with Gasteiger partial charge in [-0.3, -0.25) is 0 Å². The molecule has 0 amide bonds. The van der Waals surface area contributed by atoms with E-state index in [1.807, 2.05) is 0 Å². The van der Waals surface area contributed by atoms with E-state index in [4.69, 9.17) is 0 Å². The summed E-state index contributed by atoms with van der Waals surface area (Å²) in [5, 5.41) is 3.64. The summed E-state index contributed by atoms with van der Waals surface area (Å²) in [5.74, 6) is 1.81. The molecule has 18 heavy (non-hydrogen) atoms. The summed E-state index contributed by atoms with van der Waals surface area (Å²) < 4.78 is 22.4. The molecule has 4 heteroatoms. The Hall–Kier alpha value is -0.0900. The summed E-state index contributed by atoms with van der Waals surface area (Å²) >= 11 is 0. The lowest BCUT2D eigenvalue weighted by Gasteiger charge is -2.35. The summed E-state index contributed by atoms with van der Waals surface area (Å²) in [6, 6.07) is 0.612. The van der Waals surface area contributed by atoms with Crippen molar-refractivity contribution in [2.45, 2.75) is 58.4 Å². The predicted molar refractivity (Wildman–Crippen MR) is 77.5 cm³/mol. The summed E-state index contributed by atoms with van der Waals surface area (Å²) in [7, 11) is -2.79. The molecule has 3 unspecified atom stereocenters. The Kier molecular flexibility index (Phi) is 6.64. The lowest BCUT2D eigenvalue weighted by Crippen LogP contribution is -2.40. The van der Waals surface area contributed by atoms with Crippen LogP contribution in [0.3, 0.4) is 0 Å². The van der Waals surface area contributed by atoms with E-state index in [1.165, 1.54) is 31.9 Å². The number of rotatable bonds is 7. The molecule has 0 aromatic carbocycles. The number of nitrogens with one attached hydrogen (secondary N) is 1. The second-order valence-electron chi connectivity index (χ2n) is 6.01. The highest BCUT2D eigenvalue weighted by molar-refractivity contribution is 7.90. The van der Waals surface area contributed by atoms with Gasteiger partial charge >= 0.3 is 0 Å². The molecule has 0 spiro atoms. The van der Waals surface area contributed by atoms with Gasteiger partial charge in [0.15, 0.2) is 0 Å². The van der Waals surface area contributed by atoms with E-state index in [-0.39, 0.29) is 0 Å². The molecule has 0 aromatic rings. The lowest BCUT2D eigenvalue weighted by atomic mass is 9.77. The molecule has 1 rings (SSSR count). The summed E-state index contributed by atoms with van der Waals surface area (Å²) in [6.45, 7) is 5.60. The van der Waals surface area contributed by atoms with Gasteiger partial charge in [-0.1, -0.05) is 13.8 Å².